The van der Waals surface area contributed by atoms with Crippen molar-refractivity contribution < 1.29 is 14.0 Å². The summed E-state index contributed by atoms with van der Waals surface area (Å²) < 4.78 is 18.6. The van der Waals surface area contributed by atoms with Crippen molar-refractivity contribution in [1.29, 1.82) is 5.26 Å². The predicted molar refractivity (Wildman–Crippen MR) is 73.9 cm³/mol. The molecule has 1 fully saturated rings. The molecule has 114 valence electrons. The van der Waals surface area contributed by atoms with Crippen LogP contribution in [-0.2, 0) is 6.54 Å². The van der Waals surface area contributed by atoms with E-state index in [9.17, 15) is 9.50 Å². The fraction of sp³-hybridized carbons (Fsp3) is 0.400. The van der Waals surface area contributed by atoms with Crippen molar-refractivity contribution in [3.8, 4) is 6.07 Å². The molecular weight excluding hydrogens is 287 g/mol. The van der Waals surface area contributed by atoms with Crippen LogP contribution in [0.5, 0.6) is 0 Å². The standard InChI is InChI=1S/C15H15FN4O2/c1-9-18-15(22-19-9)14-5-13(21)8-20(14)7-11-4-12(16)3-2-10(11)6-17/h2-4,13-14,21H,5,7-8H2,1H3/t13-,14-/m1/s1. The molecule has 7 heteroatoms. The Morgan fingerprint density at radius 2 is 2.36 bits per heavy atom. The Labute approximate surface area is 126 Å². The van der Waals surface area contributed by atoms with Gasteiger partial charge in [-0.2, -0.15) is 10.2 Å². The second-order valence-corrected chi connectivity index (χ2v) is 5.43. The minimum absolute atomic E-state index is 0.231. The number of hydrogen-bond donors (Lipinski definition) is 1. The molecular formula is C15H15FN4O2. The summed E-state index contributed by atoms with van der Waals surface area (Å²) in [4.78, 5) is 6.13. The maximum Gasteiger partial charge on any atom is 0.244 e. The average molecular weight is 302 g/mol. The highest BCUT2D eigenvalue weighted by molar-refractivity contribution is 5.38. The van der Waals surface area contributed by atoms with E-state index in [-0.39, 0.29) is 11.9 Å². The van der Waals surface area contributed by atoms with Gasteiger partial charge in [0.2, 0.25) is 5.89 Å². The second kappa shape index (κ2) is 5.83. The Morgan fingerprint density at radius 3 is 3.05 bits per heavy atom. The number of nitrogens with zero attached hydrogens (tertiary/aromatic N) is 4. The second-order valence-electron chi connectivity index (χ2n) is 5.43. The number of rotatable bonds is 3. The summed E-state index contributed by atoms with van der Waals surface area (Å²) >= 11 is 0. The van der Waals surface area contributed by atoms with Gasteiger partial charge in [-0.05, 0) is 37.1 Å². The maximum atomic E-state index is 13.4. The summed E-state index contributed by atoms with van der Waals surface area (Å²) in [5, 5.41) is 22.8. The molecule has 22 heavy (non-hydrogen) atoms. The van der Waals surface area contributed by atoms with Crippen LogP contribution >= 0.6 is 0 Å². The minimum Gasteiger partial charge on any atom is -0.392 e. The van der Waals surface area contributed by atoms with E-state index in [2.05, 4.69) is 16.2 Å². The van der Waals surface area contributed by atoms with Gasteiger partial charge >= 0.3 is 0 Å². The van der Waals surface area contributed by atoms with Gasteiger partial charge < -0.3 is 9.63 Å². The van der Waals surface area contributed by atoms with E-state index in [0.717, 1.165) is 0 Å². The van der Waals surface area contributed by atoms with Gasteiger partial charge in [0, 0.05) is 13.1 Å². The lowest BCUT2D eigenvalue weighted by molar-refractivity contribution is 0.169. The number of β-amino-alcohol motifs (C(OH)–C–C–N with tert-alkyl or cyclic N) is 1. The van der Waals surface area contributed by atoms with Crippen molar-refractivity contribution in [3.05, 3.63) is 46.9 Å². The number of aryl methyl sites for hydroxylation is 1. The molecule has 0 unspecified atom stereocenters. The van der Waals surface area contributed by atoms with Crippen LogP contribution in [0, 0.1) is 24.1 Å². The van der Waals surface area contributed by atoms with Crippen LogP contribution in [0.1, 0.15) is 35.3 Å². The molecule has 0 radical (unpaired) electrons. The SMILES string of the molecule is Cc1noc([C@H]2C[C@@H](O)CN2Cc2cc(F)ccc2C#N)n1. The van der Waals surface area contributed by atoms with E-state index >= 15 is 0 Å². The summed E-state index contributed by atoms with van der Waals surface area (Å²) in [5.41, 5.74) is 1.00. The summed E-state index contributed by atoms with van der Waals surface area (Å²) in [5.74, 6) is 0.572. The molecule has 1 saturated heterocycles. The smallest absolute Gasteiger partial charge is 0.244 e. The van der Waals surface area contributed by atoms with E-state index in [4.69, 9.17) is 9.78 Å². The highest BCUT2D eigenvalue weighted by Gasteiger charge is 2.36. The van der Waals surface area contributed by atoms with Gasteiger partial charge in [-0.3, -0.25) is 4.90 Å². The van der Waals surface area contributed by atoms with E-state index in [1.54, 1.807) is 6.92 Å². The lowest BCUT2D eigenvalue weighted by Gasteiger charge is -2.21. The Bertz CT molecular complexity index is 725. The molecule has 0 spiro atoms. The molecule has 2 heterocycles. The largest absolute Gasteiger partial charge is 0.392 e. The third-order valence-electron chi connectivity index (χ3n) is 3.77. The zero-order chi connectivity index (χ0) is 15.7. The molecule has 2 aromatic rings. The fourth-order valence-electron chi connectivity index (χ4n) is 2.78. The average Bonchev–Trinajstić information content (AvgIpc) is 3.05. The Kier molecular flexibility index (Phi) is 3.88. The topological polar surface area (TPSA) is 86.2 Å². The molecule has 2 atom stereocenters. The van der Waals surface area contributed by atoms with E-state index in [0.29, 0.717) is 42.4 Å². The number of aliphatic hydroxyl groups is 1. The Balaban J connectivity index is 1.87. The number of aromatic nitrogens is 2. The number of halogens is 1. The van der Waals surface area contributed by atoms with Gasteiger partial charge in [0.05, 0.1) is 23.8 Å². The van der Waals surface area contributed by atoms with Crippen LogP contribution in [0.4, 0.5) is 4.39 Å². The molecule has 1 aromatic heterocycles. The number of benzene rings is 1. The summed E-state index contributed by atoms with van der Waals surface area (Å²) in [6, 6.07) is 5.90. The predicted octanol–water partition coefficient (Wildman–Crippen LogP) is 1.70. The van der Waals surface area contributed by atoms with Gasteiger partial charge in [0.15, 0.2) is 5.82 Å². The van der Waals surface area contributed by atoms with E-state index < -0.39 is 6.10 Å². The molecule has 3 rings (SSSR count). The number of aliphatic hydroxyl groups excluding tert-OH is 1. The first-order chi connectivity index (χ1) is 10.6. The number of hydrogen-bond acceptors (Lipinski definition) is 6. The van der Waals surface area contributed by atoms with Crippen LogP contribution in [-0.4, -0.2) is 32.8 Å². The Hall–Kier alpha value is -2.30. The van der Waals surface area contributed by atoms with Gasteiger partial charge in [0.25, 0.3) is 0 Å². The first-order valence-corrected chi connectivity index (χ1v) is 6.97. The normalized spacial score (nSPS) is 21.9. The highest BCUT2D eigenvalue weighted by atomic mass is 19.1. The van der Waals surface area contributed by atoms with Crippen LogP contribution in [0.25, 0.3) is 0 Å². The molecule has 1 aliphatic rings. The molecule has 0 amide bonds. The van der Waals surface area contributed by atoms with Crippen molar-refractivity contribution in [2.45, 2.75) is 32.0 Å². The Morgan fingerprint density at radius 1 is 1.55 bits per heavy atom. The minimum atomic E-state index is -0.517. The quantitative estimate of drug-likeness (QED) is 0.928. The lowest BCUT2D eigenvalue weighted by Crippen LogP contribution is -2.25. The molecule has 6 nitrogen and oxygen atoms in total. The lowest BCUT2D eigenvalue weighted by atomic mass is 10.1. The van der Waals surface area contributed by atoms with Crippen molar-refractivity contribution in [2.75, 3.05) is 6.54 Å². The molecule has 0 aliphatic carbocycles. The third kappa shape index (κ3) is 2.84. The zero-order valence-corrected chi connectivity index (χ0v) is 12.0. The number of likely N-dealkylation sites (tertiary alicyclic amines) is 1. The molecule has 0 bridgehead atoms. The summed E-state index contributed by atoms with van der Waals surface area (Å²) in [6.07, 6.45) is -0.0462. The van der Waals surface area contributed by atoms with Crippen molar-refractivity contribution in [1.82, 2.24) is 15.0 Å². The number of nitriles is 1. The molecule has 1 aliphatic heterocycles. The van der Waals surface area contributed by atoms with Gasteiger partial charge in [-0.1, -0.05) is 5.16 Å². The molecule has 1 N–H and O–H groups in total. The van der Waals surface area contributed by atoms with Gasteiger partial charge in [0.1, 0.15) is 5.82 Å². The van der Waals surface area contributed by atoms with Crippen molar-refractivity contribution in [3.63, 3.8) is 0 Å². The van der Waals surface area contributed by atoms with Crippen LogP contribution in [0.2, 0.25) is 0 Å². The van der Waals surface area contributed by atoms with Crippen LogP contribution in [0.3, 0.4) is 0 Å². The highest BCUT2D eigenvalue weighted by Crippen LogP contribution is 2.33. The monoisotopic (exact) mass is 302 g/mol. The van der Waals surface area contributed by atoms with Gasteiger partial charge in [-0.15, -0.1) is 0 Å². The zero-order valence-electron chi connectivity index (χ0n) is 12.0. The third-order valence-corrected chi connectivity index (χ3v) is 3.77. The van der Waals surface area contributed by atoms with Crippen LogP contribution < -0.4 is 0 Å². The van der Waals surface area contributed by atoms with E-state index in [1.807, 2.05) is 4.90 Å². The van der Waals surface area contributed by atoms with Crippen LogP contribution in [0.15, 0.2) is 22.7 Å². The molecule has 0 saturated carbocycles. The van der Waals surface area contributed by atoms with Crippen molar-refractivity contribution in [2.24, 2.45) is 0 Å². The summed E-state index contributed by atoms with van der Waals surface area (Å²) in [7, 11) is 0. The summed E-state index contributed by atoms with van der Waals surface area (Å²) in [6.45, 7) is 2.47. The maximum absolute atomic E-state index is 13.4. The van der Waals surface area contributed by atoms with Gasteiger partial charge in [-0.25, -0.2) is 4.39 Å². The fourth-order valence-corrected chi connectivity index (χ4v) is 2.78. The van der Waals surface area contributed by atoms with E-state index in [1.165, 1.54) is 18.2 Å². The molecule has 1 aromatic carbocycles. The first kappa shape index (κ1) is 14.6. The first-order valence-electron chi connectivity index (χ1n) is 6.97. The van der Waals surface area contributed by atoms with Crippen molar-refractivity contribution >= 4 is 0 Å².